The van der Waals surface area contributed by atoms with Gasteiger partial charge in [-0.3, -0.25) is 19.7 Å². The number of amides is 1. The Morgan fingerprint density at radius 3 is 2.19 bits per heavy atom. The van der Waals surface area contributed by atoms with Crippen LogP contribution in [0.3, 0.4) is 0 Å². The number of hydrogen-bond acceptors (Lipinski definition) is 5. The normalized spacial score (nSPS) is 18.4. The zero-order chi connectivity index (χ0) is 16.4. The summed E-state index contributed by atoms with van der Waals surface area (Å²) >= 11 is 0. The molecule has 0 radical (unpaired) electrons. The fraction of sp³-hybridized carbons (Fsp3) is 0.846. The van der Waals surface area contributed by atoms with Crippen molar-refractivity contribution in [2.24, 2.45) is 5.92 Å². The van der Waals surface area contributed by atoms with Crippen LogP contribution in [0.15, 0.2) is 0 Å². The second kappa shape index (κ2) is 6.90. The number of hydrogen-bond donors (Lipinski definition) is 2. The van der Waals surface area contributed by atoms with Gasteiger partial charge in [0.25, 0.3) is 5.91 Å². The minimum Gasteiger partial charge on any atom is -0.481 e. The van der Waals surface area contributed by atoms with E-state index in [9.17, 15) is 19.4 Å². The molecule has 2 unspecified atom stereocenters. The van der Waals surface area contributed by atoms with Crippen molar-refractivity contribution in [1.29, 1.82) is 0 Å². The molecule has 1 aliphatic rings. The quantitative estimate of drug-likeness (QED) is 0.232. The Morgan fingerprint density at radius 2 is 1.86 bits per heavy atom. The van der Waals surface area contributed by atoms with Crippen molar-refractivity contribution in [3.05, 3.63) is 0 Å². The van der Waals surface area contributed by atoms with Gasteiger partial charge in [0.15, 0.2) is 0 Å². The predicted molar refractivity (Wildman–Crippen MR) is 78.7 cm³/mol. The second-order valence-corrected chi connectivity index (χ2v) is 9.61. The van der Waals surface area contributed by atoms with Crippen LogP contribution in [0.1, 0.15) is 33.1 Å². The van der Waals surface area contributed by atoms with Crippen LogP contribution in [0.2, 0.25) is 0 Å². The predicted octanol–water partition coefficient (Wildman–Crippen LogP) is 1.71. The molecule has 0 aromatic carbocycles. The molecule has 1 rings (SSSR count). The number of nitrogens with zero attached hydrogens (tertiary/aromatic N) is 2. The van der Waals surface area contributed by atoms with Crippen molar-refractivity contribution in [3.63, 3.8) is 0 Å². The van der Waals surface area contributed by atoms with Crippen LogP contribution >= 0.6 is 7.14 Å². The van der Waals surface area contributed by atoms with Gasteiger partial charge in [-0.05, 0) is 39.5 Å². The van der Waals surface area contributed by atoms with Gasteiger partial charge in [-0.15, -0.1) is 0 Å². The van der Waals surface area contributed by atoms with Crippen molar-refractivity contribution in [2.75, 3.05) is 20.0 Å². The summed E-state index contributed by atoms with van der Waals surface area (Å²) in [6, 6.07) is 0.195. The highest BCUT2D eigenvalue weighted by molar-refractivity contribution is 7.62. The third-order valence-corrected chi connectivity index (χ3v) is 6.05. The number of carboxylic acids is 1. The van der Waals surface area contributed by atoms with Crippen molar-refractivity contribution in [1.82, 2.24) is 9.96 Å². The molecule has 0 aromatic rings. The molecule has 2 atom stereocenters. The lowest BCUT2D eigenvalue weighted by atomic mass is 10.1. The van der Waals surface area contributed by atoms with E-state index in [0.717, 1.165) is 12.8 Å². The fourth-order valence-electron chi connectivity index (χ4n) is 2.16. The first kappa shape index (κ1) is 18.1. The van der Waals surface area contributed by atoms with E-state index in [1.54, 1.807) is 20.3 Å². The molecule has 122 valence electrons. The number of rotatable bonds is 8. The lowest BCUT2D eigenvalue weighted by molar-refractivity contribution is -0.183. The Kier molecular flexibility index (Phi) is 5.96. The van der Waals surface area contributed by atoms with Gasteiger partial charge in [-0.25, -0.2) is 5.06 Å². The monoisotopic (exact) mass is 320 g/mol. The maximum atomic E-state index is 12.2. The molecular weight excluding hydrogens is 295 g/mol. The summed E-state index contributed by atoms with van der Waals surface area (Å²) in [5, 5.41) is 19.3. The van der Waals surface area contributed by atoms with Gasteiger partial charge in [-0.1, -0.05) is 6.92 Å². The summed E-state index contributed by atoms with van der Waals surface area (Å²) in [6.45, 7) is 6.62. The number of aliphatic carboxylic acids is 1. The number of carboxylic acid groups (broad SMARTS) is 1. The van der Waals surface area contributed by atoms with Gasteiger partial charge in [0, 0.05) is 6.04 Å². The summed E-state index contributed by atoms with van der Waals surface area (Å²) in [5.74, 6) is -3.59. The van der Waals surface area contributed by atoms with E-state index in [1.807, 2.05) is 11.8 Å². The van der Waals surface area contributed by atoms with Crippen LogP contribution in [-0.2, 0) is 14.2 Å². The second-order valence-electron chi connectivity index (χ2n) is 5.99. The minimum atomic E-state index is -2.40. The molecule has 1 aliphatic carbocycles. The topological polar surface area (TPSA) is 98.2 Å². The van der Waals surface area contributed by atoms with Crippen molar-refractivity contribution >= 4 is 19.0 Å². The summed E-state index contributed by atoms with van der Waals surface area (Å²) in [6.07, 6.45) is 1.98. The summed E-state index contributed by atoms with van der Waals surface area (Å²) in [4.78, 5) is 24.8. The number of hydroxylamine groups is 2. The molecule has 0 spiro atoms. The summed E-state index contributed by atoms with van der Waals surface area (Å²) in [5.41, 5.74) is 0. The first-order chi connectivity index (χ1) is 9.59. The molecule has 0 heterocycles. The highest BCUT2D eigenvalue weighted by atomic mass is 31.2. The van der Waals surface area contributed by atoms with Crippen molar-refractivity contribution in [3.8, 4) is 0 Å². The lowest BCUT2D eigenvalue weighted by Crippen LogP contribution is -2.47. The summed E-state index contributed by atoms with van der Waals surface area (Å²) < 4.78 is 12.2. The van der Waals surface area contributed by atoms with Gasteiger partial charge in [0.2, 0.25) is 0 Å². The van der Waals surface area contributed by atoms with Crippen LogP contribution in [0.25, 0.3) is 0 Å². The zero-order valence-electron chi connectivity index (χ0n) is 13.0. The van der Waals surface area contributed by atoms with Crippen LogP contribution in [0, 0.1) is 5.92 Å². The summed E-state index contributed by atoms with van der Waals surface area (Å²) in [7, 11) is -2.40. The van der Waals surface area contributed by atoms with Crippen LogP contribution < -0.4 is 0 Å². The highest BCUT2D eigenvalue weighted by Crippen LogP contribution is 2.47. The third kappa shape index (κ3) is 4.80. The Morgan fingerprint density at radius 1 is 1.33 bits per heavy atom. The molecule has 0 bridgehead atoms. The zero-order valence-corrected chi connectivity index (χ0v) is 13.9. The molecule has 2 N–H and O–H groups in total. The molecular formula is C13H25N2O5P. The number of carbonyl (C=O) groups is 2. The third-order valence-electron chi connectivity index (χ3n) is 3.95. The molecule has 1 fully saturated rings. The first-order valence-corrected chi connectivity index (χ1v) is 9.80. The van der Waals surface area contributed by atoms with Crippen LogP contribution in [0.5, 0.6) is 0 Å². The number of carbonyl (C=O) groups excluding carboxylic acids is 1. The highest BCUT2D eigenvalue weighted by Gasteiger charge is 2.39. The van der Waals surface area contributed by atoms with Gasteiger partial charge in [0.05, 0.1) is 12.9 Å². The SMILES string of the molecule is CCC(C(=O)O)C(=O)N(O)CN(C1CC1)C(C)P(C)(C)=O. The standard InChI is InChI=1S/C13H25N2O5P/c1-5-11(13(17)18)12(16)15(19)8-14(10-6-7-10)9(2)21(3,4)20/h9-11,19H,5-8H2,1-4H3,(H,17,18). The van der Waals surface area contributed by atoms with Gasteiger partial charge >= 0.3 is 5.97 Å². The molecule has 1 saturated carbocycles. The van der Waals surface area contributed by atoms with E-state index in [1.165, 1.54) is 0 Å². The first-order valence-electron chi connectivity index (χ1n) is 7.13. The average Bonchev–Trinajstić information content (AvgIpc) is 3.18. The molecule has 8 heteroatoms. The van der Waals surface area contributed by atoms with E-state index in [-0.39, 0.29) is 24.9 Å². The van der Waals surface area contributed by atoms with E-state index in [2.05, 4.69) is 0 Å². The Hall–Kier alpha value is -0.910. The Labute approximate surface area is 125 Å². The Bertz CT molecular complexity index is 446. The molecule has 1 amide bonds. The fourth-order valence-corrected chi connectivity index (χ4v) is 3.14. The van der Waals surface area contributed by atoms with Crippen LogP contribution in [-0.4, -0.2) is 64.0 Å². The van der Waals surface area contributed by atoms with Gasteiger partial charge in [-0.2, -0.15) is 0 Å². The maximum absolute atomic E-state index is 12.2. The van der Waals surface area contributed by atoms with E-state index < -0.39 is 24.9 Å². The molecule has 0 saturated heterocycles. The maximum Gasteiger partial charge on any atom is 0.316 e. The van der Waals surface area contributed by atoms with Gasteiger partial charge < -0.3 is 9.67 Å². The van der Waals surface area contributed by atoms with Gasteiger partial charge in [0.1, 0.15) is 12.6 Å². The van der Waals surface area contributed by atoms with Crippen molar-refractivity contribution < 1.29 is 24.5 Å². The lowest BCUT2D eigenvalue weighted by Gasteiger charge is -2.34. The largest absolute Gasteiger partial charge is 0.481 e. The van der Waals surface area contributed by atoms with E-state index in [4.69, 9.17) is 5.11 Å². The van der Waals surface area contributed by atoms with E-state index in [0.29, 0.717) is 5.06 Å². The van der Waals surface area contributed by atoms with Crippen molar-refractivity contribution in [2.45, 2.75) is 44.9 Å². The molecule has 0 aromatic heterocycles. The smallest absolute Gasteiger partial charge is 0.316 e. The average molecular weight is 320 g/mol. The van der Waals surface area contributed by atoms with Crippen LogP contribution in [0.4, 0.5) is 0 Å². The Balaban J connectivity index is 2.77. The molecule has 7 nitrogen and oxygen atoms in total. The molecule has 0 aliphatic heterocycles. The molecule has 21 heavy (non-hydrogen) atoms. The van der Waals surface area contributed by atoms with E-state index >= 15 is 0 Å². The minimum absolute atomic E-state index is 0.111.